The summed E-state index contributed by atoms with van der Waals surface area (Å²) >= 11 is 0. The molecule has 0 bridgehead atoms. The van der Waals surface area contributed by atoms with Crippen LogP contribution in [0.5, 0.6) is 0 Å². The van der Waals surface area contributed by atoms with Gasteiger partial charge < -0.3 is 10.2 Å². The zero-order valence-electron chi connectivity index (χ0n) is 10.8. The number of hydrogen-bond donors (Lipinski definition) is 1. The molecule has 2 atom stereocenters. The van der Waals surface area contributed by atoms with Crippen LogP contribution in [0.25, 0.3) is 0 Å². The van der Waals surface area contributed by atoms with Crippen LogP contribution in [0.4, 0.5) is 10.1 Å². The fourth-order valence-corrected chi connectivity index (χ4v) is 2.34. The fraction of sp³-hybridized carbons (Fsp3) is 0.500. The van der Waals surface area contributed by atoms with Crippen LogP contribution in [0, 0.1) is 11.7 Å². The molecule has 1 N–H and O–H groups in total. The van der Waals surface area contributed by atoms with Gasteiger partial charge >= 0.3 is 0 Å². The number of carbonyl (C=O) groups is 1. The molecule has 1 aromatic rings. The highest BCUT2D eigenvalue weighted by Crippen LogP contribution is 2.20. The number of hydrogen-bond acceptors (Lipinski definition) is 2. The highest BCUT2D eigenvalue weighted by atomic mass is 19.1. The molecule has 2 unspecified atom stereocenters. The second-order valence-electron chi connectivity index (χ2n) is 5.01. The van der Waals surface area contributed by atoms with E-state index >= 15 is 0 Å². The third-order valence-electron chi connectivity index (χ3n) is 3.49. The third kappa shape index (κ3) is 2.88. The van der Waals surface area contributed by atoms with Crippen LogP contribution in [0.2, 0.25) is 0 Å². The van der Waals surface area contributed by atoms with E-state index in [1.807, 2.05) is 0 Å². The molecule has 4 heteroatoms. The Kier molecular flexibility index (Phi) is 3.97. The zero-order chi connectivity index (χ0) is 13.1. The van der Waals surface area contributed by atoms with Crippen molar-refractivity contribution in [3.63, 3.8) is 0 Å². The van der Waals surface area contributed by atoms with Crippen molar-refractivity contribution in [2.75, 3.05) is 18.5 Å². The van der Waals surface area contributed by atoms with E-state index in [9.17, 15) is 9.18 Å². The molecule has 2 rings (SSSR count). The summed E-state index contributed by atoms with van der Waals surface area (Å²) in [6, 6.07) is 5.97. The van der Waals surface area contributed by atoms with Gasteiger partial charge in [0.1, 0.15) is 5.82 Å². The van der Waals surface area contributed by atoms with E-state index in [1.165, 1.54) is 17.0 Å². The molecule has 1 aromatic carbocycles. The number of benzene rings is 1. The van der Waals surface area contributed by atoms with Gasteiger partial charge in [0.2, 0.25) is 5.91 Å². The Morgan fingerprint density at radius 2 is 2.28 bits per heavy atom. The monoisotopic (exact) mass is 250 g/mol. The molecule has 0 saturated carbocycles. The zero-order valence-corrected chi connectivity index (χ0v) is 10.8. The summed E-state index contributed by atoms with van der Waals surface area (Å²) in [5, 5.41) is 3.23. The molecule has 1 saturated heterocycles. The Hall–Kier alpha value is -1.42. The summed E-state index contributed by atoms with van der Waals surface area (Å²) in [7, 11) is 1.69. The minimum absolute atomic E-state index is 0.00662. The first kappa shape index (κ1) is 13.0. The van der Waals surface area contributed by atoms with Crippen molar-refractivity contribution < 1.29 is 9.18 Å². The van der Waals surface area contributed by atoms with Crippen LogP contribution >= 0.6 is 0 Å². The van der Waals surface area contributed by atoms with E-state index in [1.54, 1.807) is 19.2 Å². The van der Waals surface area contributed by atoms with Crippen LogP contribution in [0.3, 0.4) is 0 Å². The van der Waals surface area contributed by atoms with Gasteiger partial charge in [0.25, 0.3) is 0 Å². The summed E-state index contributed by atoms with van der Waals surface area (Å²) in [5.41, 5.74) is 0.597. The molecule has 1 aliphatic rings. The average molecular weight is 250 g/mol. The van der Waals surface area contributed by atoms with E-state index in [2.05, 4.69) is 12.2 Å². The van der Waals surface area contributed by atoms with Crippen LogP contribution in [-0.2, 0) is 4.79 Å². The number of carbonyl (C=O) groups excluding carboxylic acids is 1. The molecule has 0 spiro atoms. The Morgan fingerprint density at radius 3 is 2.94 bits per heavy atom. The van der Waals surface area contributed by atoms with Crippen LogP contribution in [0.1, 0.15) is 19.8 Å². The van der Waals surface area contributed by atoms with Gasteiger partial charge in [-0.15, -0.1) is 0 Å². The van der Waals surface area contributed by atoms with Crippen molar-refractivity contribution in [3.8, 4) is 0 Å². The Morgan fingerprint density at radius 1 is 1.50 bits per heavy atom. The smallest absolute Gasteiger partial charge is 0.243 e. The molecule has 98 valence electrons. The average Bonchev–Trinajstić information content (AvgIpc) is 2.37. The lowest BCUT2D eigenvalue weighted by Gasteiger charge is -2.30. The highest BCUT2D eigenvalue weighted by Gasteiger charge is 2.27. The molecule has 1 fully saturated rings. The molecule has 1 amide bonds. The number of anilines is 1. The summed E-state index contributed by atoms with van der Waals surface area (Å²) < 4.78 is 13.1. The van der Waals surface area contributed by atoms with Crippen LogP contribution in [0.15, 0.2) is 24.3 Å². The lowest BCUT2D eigenvalue weighted by atomic mass is 9.93. The maximum atomic E-state index is 13.1. The highest BCUT2D eigenvalue weighted by molar-refractivity contribution is 5.96. The third-order valence-corrected chi connectivity index (χ3v) is 3.49. The first-order valence-corrected chi connectivity index (χ1v) is 6.34. The number of piperidine rings is 1. The second kappa shape index (κ2) is 5.48. The van der Waals surface area contributed by atoms with Crippen LogP contribution < -0.4 is 10.2 Å². The number of nitrogens with one attached hydrogen (secondary N) is 1. The van der Waals surface area contributed by atoms with Gasteiger partial charge in [-0.2, -0.15) is 0 Å². The van der Waals surface area contributed by atoms with Gasteiger partial charge in [-0.05, 0) is 43.5 Å². The second-order valence-corrected chi connectivity index (χ2v) is 5.01. The fourth-order valence-electron chi connectivity index (χ4n) is 2.34. The molecule has 0 aliphatic carbocycles. The topological polar surface area (TPSA) is 32.3 Å². The maximum absolute atomic E-state index is 13.1. The standard InChI is InChI=1S/C14H19FN2O/c1-10-6-7-16-13(8-10)14(18)17(2)12-5-3-4-11(15)9-12/h3-5,9-10,13,16H,6-8H2,1-2H3. The quantitative estimate of drug-likeness (QED) is 0.872. The van der Waals surface area contributed by atoms with Gasteiger partial charge in [-0.25, -0.2) is 4.39 Å². The number of halogens is 1. The lowest BCUT2D eigenvalue weighted by Crippen LogP contribution is -2.49. The molecule has 1 aliphatic heterocycles. The van der Waals surface area contributed by atoms with Crippen molar-refractivity contribution in [2.45, 2.75) is 25.8 Å². The number of rotatable bonds is 2. The normalized spacial score (nSPS) is 23.7. The first-order chi connectivity index (χ1) is 8.58. The molecular formula is C14H19FN2O. The van der Waals surface area contributed by atoms with Crippen molar-refractivity contribution in [1.29, 1.82) is 0 Å². The van der Waals surface area contributed by atoms with E-state index in [0.717, 1.165) is 19.4 Å². The van der Waals surface area contributed by atoms with Gasteiger partial charge in [0, 0.05) is 12.7 Å². The number of likely N-dealkylation sites (N-methyl/N-ethyl adjacent to an activating group) is 1. The van der Waals surface area contributed by atoms with E-state index in [-0.39, 0.29) is 17.8 Å². The predicted octanol–water partition coefficient (Wildman–Crippen LogP) is 2.18. The maximum Gasteiger partial charge on any atom is 0.243 e. The van der Waals surface area contributed by atoms with Gasteiger partial charge in [-0.1, -0.05) is 13.0 Å². The summed E-state index contributed by atoms with van der Waals surface area (Å²) in [6.07, 6.45) is 1.95. The van der Waals surface area contributed by atoms with Crippen molar-refractivity contribution in [2.24, 2.45) is 5.92 Å². The van der Waals surface area contributed by atoms with Crippen molar-refractivity contribution >= 4 is 11.6 Å². The Bertz CT molecular complexity index is 436. The Labute approximate surface area is 107 Å². The van der Waals surface area contributed by atoms with Crippen LogP contribution in [-0.4, -0.2) is 25.5 Å². The van der Waals surface area contributed by atoms with Crippen molar-refractivity contribution in [1.82, 2.24) is 5.32 Å². The van der Waals surface area contributed by atoms with Gasteiger partial charge in [0.05, 0.1) is 6.04 Å². The number of amides is 1. The van der Waals surface area contributed by atoms with E-state index < -0.39 is 0 Å². The molecule has 3 nitrogen and oxygen atoms in total. The SMILES string of the molecule is CC1CCNC(C(=O)N(C)c2cccc(F)c2)C1. The largest absolute Gasteiger partial charge is 0.314 e. The molecule has 0 radical (unpaired) electrons. The molecular weight excluding hydrogens is 231 g/mol. The minimum Gasteiger partial charge on any atom is -0.314 e. The van der Waals surface area contributed by atoms with Crippen molar-refractivity contribution in [3.05, 3.63) is 30.1 Å². The van der Waals surface area contributed by atoms with Gasteiger partial charge in [-0.3, -0.25) is 4.79 Å². The number of nitrogens with zero attached hydrogens (tertiary/aromatic N) is 1. The molecule has 1 heterocycles. The summed E-state index contributed by atoms with van der Waals surface area (Å²) in [6.45, 7) is 3.03. The molecule has 0 aromatic heterocycles. The Balaban J connectivity index is 2.08. The lowest BCUT2D eigenvalue weighted by molar-refractivity contribution is -0.121. The van der Waals surface area contributed by atoms with E-state index in [0.29, 0.717) is 11.6 Å². The molecule has 18 heavy (non-hydrogen) atoms. The van der Waals surface area contributed by atoms with Gasteiger partial charge in [0.15, 0.2) is 0 Å². The predicted molar refractivity (Wildman–Crippen MR) is 70.0 cm³/mol. The summed E-state index contributed by atoms with van der Waals surface area (Å²) in [5.74, 6) is 0.241. The summed E-state index contributed by atoms with van der Waals surface area (Å²) in [4.78, 5) is 13.8. The minimum atomic E-state index is -0.322. The first-order valence-electron chi connectivity index (χ1n) is 6.34. The van der Waals surface area contributed by atoms with E-state index in [4.69, 9.17) is 0 Å².